The monoisotopic (exact) mass is 433 g/mol. The van der Waals surface area contributed by atoms with Crippen LogP contribution in [-0.4, -0.2) is 33.8 Å². The number of benzene rings is 3. The molecule has 32 heavy (non-hydrogen) atoms. The molecule has 6 heteroatoms. The normalized spacial score (nSPS) is 10.6. The molecule has 0 bridgehead atoms. The van der Waals surface area contributed by atoms with Crippen molar-refractivity contribution < 1.29 is 23.7 Å². The van der Waals surface area contributed by atoms with Crippen molar-refractivity contribution in [2.75, 3.05) is 33.3 Å². The van der Waals surface area contributed by atoms with Gasteiger partial charge in [0.25, 0.3) is 0 Å². The van der Waals surface area contributed by atoms with Gasteiger partial charge in [0.05, 0.1) is 27.9 Å². The van der Waals surface area contributed by atoms with E-state index < -0.39 is 0 Å². The molecule has 1 N–H and O–H groups in total. The molecule has 0 unspecified atom stereocenters. The van der Waals surface area contributed by atoms with Crippen LogP contribution in [0, 0.1) is 0 Å². The summed E-state index contributed by atoms with van der Waals surface area (Å²) in [6, 6.07) is 20.7. The van der Waals surface area contributed by atoms with Gasteiger partial charge in [0.2, 0.25) is 5.91 Å². The van der Waals surface area contributed by atoms with Gasteiger partial charge in [-0.15, -0.1) is 0 Å². The lowest BCUT2D eigenvalue weighted by molar-refractivity contribution is -0.111. The minimum absolute atomic E-state index is 0.224. The number of rotatable bonds is 10. The number of amides is 1. The zero-order valence-electron chi connectivity index (χ0n) is 18.5. The molecule has 3 rings (SSSR count). The summed E-state index contributed by atoms with van der Waals surface area (Å²) >= 11 is 0. The Bertz CT molecular complexity index is 1060. The first-order chi connectivity index (χ1) is 15.6. The van der Waals surface area contributed by atoms with Crippen molar-refractivity contribution in [3.8, 4) is 23.0 Å². The van der Waals surface area contributed by atoms with Crippen molar-refractivity contribution in [1.82, 2.24) is 0 Å². The van der Waals surface area contributed by atoms with E-state index in [0.29, 0.717) is 41.7 Å². The summed E-state index contributed by atoms with van der Waals surface area (Å²) in [6.07, 6.45) is 3.94. The Kier molecular flexibility index (Phi) is 8.15. The summed E-state index contributed by atoms with van der Waals surface area (Å²) in [5, 5.41) is 2.83. The van der Waals surface area contributed by atoms with E-state index in [-0.39, 0.29) is 5.91 Å². The Labute approximate surface area is 188 Å². The molecule has 6 nitrogen and oxygen atoms in total. The largest absolute Gasteiger partial charge is 0.493 e. The summed E-state index contributed by atoms with van der Waals surface area (Å²) in [6.45, 7) is 0.456. The number of nitrogens with one attached hydrogen (secondary N) is 1. The lowest BCUT2D eigenvalue weighted by Gasteiger charge is -2.13. The Balaban J connectivity index is 1.58. The predicted octanol–water partition coefficient (Wildman–Crippen LogP) is 4.99. The summed E-state index contributed by atoms with van der Waals surface area (Å²) < 4.78 is 21.9. The van der Waals surface area contributed by atoms with Gasteiger partial charge in [-0.25, -0.2) is 0 Å². The van der Waals surface area contributed by atoms with Crippen LogP contribution in [-0.2, 0) is 11.2 Å². The zero-order chi connectivity index (χ0) is 22.8. The molecule has 0 saturated heterocycles. The minimum Gasteiger partial charge on any atom is -0.493 e. The quantitative estimate of drug-likeness (QED) is 0.457. The van der Waals surface area contributed by atoms with Gasteiger partial charge < -0.3 is 24.3 Å². The molecule has 0 spiro atoms. The molecule has 166 valence electrons. The fourth-order valence-electron chi connectivity index (χ4n) is 3.10. The number of ether oxygens (including phenoxy) is 4. The van der Waals surface area contributed by atoms with Gasteiger partial charge in [0, 0.05) is 24.3 Å². The van der Waals surface area contributed by atoms with Gasteiger partial charge in [-0.05, 0) is 41.5 Å². The second-order valence-corrected chi connectivity index (χ2v) is 6.89. The van der Waals surface area contributed by atoms with Gasteiger partial charge in [-0.2, -0.15) is 0 Å². The fourth-order valence-corrected chi connectivity index (χ4v) is 3.10. The van der Waals surface area contributed by atoms with E-state index in [1.807, 2.05) is 48.5 Å². The molecule has 3 aromatic rings. The first-order valence-corrected chi connectivity index (χ1v) is 10.2. The SMILES string of the molecule is COc1ccc(CCOc2ccc(NC(=O)/C=C/c3ccccc3)cc2OC)cc1OC. The van der Waals surface area contributed by atoms with Gasteiger partial charge in [-0.1, -0.05) is 36.4 Å². The summed E-state index contributed by atoms with van der Waals surface area (Å²) in [5.74, 6) is 2.30. The van der Waals surface area contributed by atoms with Crippen molar-refractivity contribution >= 4 is 17.7 Å². The Morgan fingerprint density at radius 2 is 1.50 bits per heavy atom. The molecule has 0 atom stereocenters. The summed E-state index contributed by atoms with van der Waals surface area (Å²) in [7, 11) is 4.79. The highest BCUT2D eigenvalue weighted by Crippen LogP contribution is 2.31. The zero-order valence-corrected chi connectivity index (χ0v) is 18.5. The van der Waals surface area contributed by atoms with Gasteiger partial charge in [-0.3, -0.25) is 4.79 Å². The fraction of sp³-hybridized carbons (Fsp3) is 0.192. The van der Waals surface area contributed by atoms with Crippen molar-refractivity contribution in [2.45, 2.75) is 6.42 Å². The third-order valence-corrected chi connectivity index (χ3v) is 4.75. The average Bonchev–Trinajstić information content (AvgIpc) is 2.84. The molecular weight excluding hydrogens is 406 g/mol. The Hall–Kier alpha value is -3.93. The molecule has 0 aliphatic carbocycles. The Morgan fingerprint density at radius 3 is 2.22 bits per heavy atom. The van der Waals surface area contributed by atoms with Crippen LogP contribution >= 0.6 is 0 Å². The standard InChI is InChI=1S/C26H27NO5/c1-29-22-12-9-20(17-24(22)30-2)15-16-32-23-13-11-21(18-25(23)31-3)27-26(28)14-10-19-7-5-4-6-8-19/h4-14,17-18H,15-16H2,1-3H3,(H,27,28)/b14-10+. The average molecular weight is 434 g/mol. The number of carbonyl (C=O) groups excluding carboxylic acids is 1. The molecule has 0 aromatic heterocycles. The van der Waals surface area contributed by atoms with E-state index in [4.69, 9.17) is 18.9 Å². The number of hydrogen-bond acceptors (Lipinski definition) is 5. The van der Waals surface area contributed by atoms with E-state index in [9.17, 15) is 4.79 Å². The van der Waals surface area contributed by atoms with E-state index in [0.717, 1.165) is 11.1 Å². The second kappa shape index (κ2) is 11.5. The lowest BCUT2D eigenvalue weighted by Crippen LogP contribution is -2.08. The van der Waals surface area contributed by atoms with Crippen LogP contribution in [0.2, 0.25) is 0 Å². The van der Waals surface area contributed by atoms with Crippen LogP contribution in [0.4, 0.5) is 5.69 Å². The van der Waals surface area contributed by atoms with Crippen LogP contribution < -0.4 is 24.3 Å². The van der Waals surface area contributed by atoms with Crippen molar-refractivity contribution in [3.63, 3.8) is 0 Å². The third-order valence-electron chi connectivity index (χ3n) is 4.75. The second-order valence-electron chi connectivity index (χ2n) is 6.89. The Morgan fingerprint density at radius 1 is 0.812 bits per heavy atom. The molecule has 0 aliphatic heterocycles. The molecule has 1 amide bonds. The highest BCUT2D eigenvalue weighted by atomic mass is 16.5. The first-order valence-electron chi connectivity index (χ1n) is 10.2. The highest BCUT2D eigenvalue weighted by Gasteiger charge is 2.09. The number of anilines is 1. The molecule has 0 saturated carbocycles. The topological polar surface area (TPSA) is 66.0 Å². The molecular formula is C26H27NO5. The maximum absolute atomic E-state index is 12.2. The number of hydrogen-bond donors (Lipinski definition) is 1. The lowest BCUT2D eigenvalue weighted by atomic mass is 10.1. The van der Waals surface area contributed by atoms with Crippen LogP contribution in [0.25, 0.3) is 6.08 Å². The van der Waals surface area contributed by atoms with Crippen LogP contribution in [0.5, 0.6) is 23.0 Å². The van der Waals surface area contributed by atoms with Crippen LogP contribution in [0.3, 0.4) is 0 Å². The van der Waals surface area contributed by atoms with E-state index >= 15 is 0 Å². The van der Waals surface area contributed by atoms with Crippen molar-refractivity contribution in [3.05, 3.63) is 83.9 Å². The highest BCUT2D eigenvalue weighted by molar-refractivity contribution is 6.02. The van der Waals surface area contributed by atoms with E-state index in [2.05, 4.69) is 5.32 Å². The van der Waals surface area contributed by atoms with Gasteiger partial charge in [0.15, 0.2) is 23.0 Å². The number of methoxy groups -OCH3 is 3. The molecule has 0 fully saturated rings. The van der Waals surface area contributed by atoms with E-state index in [1.165, 1.54) is 6.08 Å². The third kappa shape index (κ3) is 6.28. The molecule has 3 aromatic carbocycles. The smallest absolute Gasteiger partial charge is 0.248 e. The summed E-state index contributed by atoms with van der Waals surface area (Å²) in [4.78, 5) is 12.2. The van der Waals surface area contributed by atoms with E-state index in [1.54, 1.807) is 45.6 Å². The minimum atomic E-state index is -0.224. The first kappa shape index (κ1) is 22.7. The molecule has 0 heterocycles. The maximum Gasteiger partial charge on any atom is 0.248 e. The van der Waals surface area contributed by atoms with Crippen molar-refractivity contribution in [2.24, 2.45) is 0 Å². The number of carbonyl (C=O) groups is 1. The summed E-state index contributed by atoms with van der Waals surface area (Å²) in [5.41, 5.74) is 2.64. The predicted molar refractivity (Wildman–Crippen MR) is 126 cm³/mol. The molecule has 0 aliphatic rings. The van der Waals surface area contributed by atoms with Crippen molar-refractivity contribution in [1.29, 1.82) is 0 Å². The van der Waals surface area contributed by atoms with Gasteiger partial charge >= 0.3 is 0 Å². The van der Waals surface area contributed by atoms with Crippen LogP contribution in [0.1, 0.15) is 11.1 Å². The molecule has 0 radical (unpaired) electrons. The maximum atomic E-state index is 12.2. The van der Waals surface area contributed by atoms with Gasteiger partial charge in [0.1, 0.15) is 0 Å². The van der Waals surface area contributed by atoms with Crippen LogP contribution in [0.15, 0.2) is 72.8 Å².